The van der Waals surface area contributed by atoms with E-state index in [1.807, 2.05) is 19.1 Å². The molecular formula is C16H18N6O3. The van der Waals surface area contributed by atoms with Crippen LogP contribution < -0.4 is 21.9 Å². The van der Waals surface area contributed by atoms with Gasteiger partial charge < -0.3 is 26.8 Å². The van der Waals surface area contributed by atoms with Crippen molar-refractivity contribution in [3.8, 4) is 11.3 Å². The molecule has 9 heteroatoms. The molecule has 25 heavy (non-hydrogen) atoms. The fraction of sp³-hybridized carbons (Fsp3) is 0.188. The normalized spacial score (nSPS) is 17.6. The van der Waals surface area contributed by atoms with Gasteiger partial charge in [0, 0.05) is 30.7 Å². The zero-order valence-electron chi connectivity index (χ0n) is 13.7. The number of nitrogens with zero attached hydrogens (tertiary/aromatic N) is 2. The Morgan fingerprint density at radius 1 is 1.40 bits per heavy atom. The number of nitrogens with one attached hydrogen (secondary N) is 3. The molecule has 3 aromatic rings. The van der Waals surface area contributed by atoms with Crippen molar-refractivity contribution in [1.82, 2.24) is 19.7 Å². The number of aromatic amines is 1. The monoisotopic (exact) mass is 342 g/mol. The highest BCUT2D eigenvalue weighted by Crippen LogP contribution is 2.45. The molecule has 1 aromatic carbocycles. The number of imidazole rings is 1. The SMILES string of the molecule is CNC(=O)Nc1ccc2c(c1)C(C)(N)c1c-2[nH]c(=O)c2nccn12.O. The molecule has 130 valence electrons. The van der Waals surface area contributed by atoms with Gasteiger partial charge in [0.05, 0.1) is 16.9 Å². The van der Waals surface area contributed by atoms with Crippen molar-refractivity contribution in [2.24, 2.45) is 5.73 Å². The Morgan fingerprint density at radius 2 is 2.16 bits per heavy atom. The van der Waals surface area contributed by atoms with Crippen molar-refractivity contribution in [2.45, 2.75) is 12.5 Å². The highest BCUT2D eigenvalue weighted by atomic mass is 16.2. The van der Waals surface area contributed by atoms with E-state index in [0.29, 0.717) is 17.0 Å². The van der Waals surface area contributed by atoms with E-state index in [2.05, 4.69) is 20.6 Å². The molecule has 0 radical (unpaired) electrons. The summed E-state index contributed by atoms with van der Waals surface area (Å²) in [5.74, 6) is 0. The van der Waals surface area contributed by atoms with Gasteiger partial charge in [-0.15, -0.1) is 0 Å². The second-order valence-electron chi connectivity index (χ2n) is 5.97. The fourth-order valence-corrected chi connectivity index (χ4v) is 3.30. The Balaban J connectivity index is 0.00000182. The number of rotatable bonds is 1. The number of aromatic nitrogens is 3. The predicted octanol–water partition coefficient (Wildman–Crippen LogP) is 0.152. The van der Waals surface area contributed by atoms with Gasteiger partial charge >= 0.3 is 6.03 Å². The average Bonchev–Trinajstić information content (AvgIpc) is 3.10. The van der Waals surface area contributed by atoms with E-state index >= 15 is 0 Å². The molecule has 0 saturated carbocycles. The second-order valence-corrected chi connectivity index (χ2v) is 5.97. The number of fused-ring (bicyclic) bond motifs is 5. The number of hydrogen-bond acceptors (Lipinski definition) is 4. The van der Waals surface area contributed by atoms with Crippen LogP contribution in [-0.4, -0.2) is 32.9 Å². The van der Waals surface area contributed by atoms with Crippen molar-refractivity contribution in [1.29, 1.82) is 0 Å². The van der Waals surface area contributed by atoms with Crippen molar-refractivity contribution in [2.75, 3.05) is 12.4 Å². The maximum Gasteiger partial charge on any atom is 0.318 e. The van der Waals surface area contributed by atoms with Crippen LogP contribution in [0.2, 0.25) is 0 Å². The molecule has 0 aliphatic heterocycles. The molecule has 0 bridgehead atoms. The molecule has 0 saturated heterocycles. The number of hydrogen-bond donors (Lipinski definition) is 4. The third-order valence-corrected chi connectivity index (χ3v) is 4.39. The summed E-state index contributed by atoms with van der Waals surface area (Å²) in [7, 11) is 1.55. The lowest BCUT2D eigenvalue weighted by Crippen LogP contribution is -2.35. The smallest absolute Gasteiger partial charge is 0.318 e. The van der Waals surface area contributed by atoms with Gasteiger partial charge in [0.15, 0.2) is 0 Å². The number of H-pyrrole nitrogens is 1. The highest BCUT2D eigenvalue weighted by Gasteiger charge is 2.39. The van der Waals surface area contributed by atoms with Crippen LogP contribution in [0.15, 0.2) is 35.4 Å². The van der Waals surface area contributed by atoms with Crippen LogP contribution in [0, 0.1) is 0 Å². The van der Waals surface area contributed by atoms with Crippen LogP contribution in [-0.2, 0) is 5.54 Å². The summed E-state index contributed by atoms with van der Waals surface area (Å²) in [5, 5.41) is 5.24. The summed E-state index contributed by atoms with van der Waals surface area (Å²) in [6, 6.07) is 5.13. The summed E-state index contributed by atoms with van der Waals surface area (Å²) in [6.45, 7) is 1.87. The van der Waals surface area contributed by atoms with Crippen LogP contribution in [0.4, 0.5) is 10.5 Å². The molecule has 0 fully saturated rings. The molecule has 9 nitrogen and oxygen atoms in total. The van der Waals surface area contributed by atoms with Gasteiger partial charge in [-0.3, -0.25) is 9.20 Å². The van der Waals surface area contributed by atoms with E-state index in [0.717, 1.165) is 16.8 Å². The number of benzene rings is 1. The van der Waals surface area contributed by atoms with Crippen LogP contribution in [0.3, 0.4) is 0 Å². The first-order chi connectivity index (χ1) is 11.4. The van der Waals surface area contributed by atoms with Crippen molar-refractivity contribution < 1.29 is 10.3 Å². The molecule has 0 spiro atoms. The summed E-state index contributed by atoms with van der Waals surface area (Å²) in [4.78, 5) is 30.7. The van der Waals surface area contributed by atoms with Gasteiger partial charge in [-0.1, -0.05) is 6.07 Å². The minimum Gasteiger partial charge on any atom is -0.412 e. The Hall–Kier alpha value is -3.17. The van der Waals surface area contributed by atoms with Crippen LogP contribution in [0.5, 0.6) is 0 Å². The zero-order valence-corrected chi connectivity index (χ0v) is 13.7. The fourth-order valence-electron chi connectivity index (χ4n) is 3.30. The second kappa shape index (κ2) is 5.43. The van der Waals surface area contributed by atoms with Gasteiger partial charge in [0.2, 0.25) is 5.65 Å². The molecular weight excluding hydrogens is 324 g/mol. The van der Waals surface area contributed by atoms with E-state index in [4.69, 9.17) is 5.73 Å². The number of carbonyl (C=O) groups is 1. The summed E-state index contributed by atoms with van der Waals surface area (Å²) in [6.07, 6.45) is 3.30. The number of anilines is 1. The van der Waals surface area contributed by atoms with E-state index in [1.165, 1.54) is 0 Å². The van der Waals surface area contributed by atoms with Crippen molar-refractivity contribution >= 4 is 17.4 Å². The highest BCUT2D eigenvalue weighted by molar-refractivity contribution is 5.90. The lowest BCUT2D eigenvalue weighted by Gasteiger charge is -2.22. The molecule has 2 amide bonds. The zero-order chi connectivity index (χ0) is 17.1. The topological polar surface area (TPSA) is 149 Å². The van der Waals surface area contributed by atoms with E-state index < -0.39 is 5.54 Å². The molecule has 1 aliphatic rings. The third kappa shape index (κ3) is 2.21. The van der Waals surface area contributed by atoms with Gasteiger partial charge in [-0.2, -0.15) is 0 Å². The lowest BCUT2D eigenvalue weighted by atomic mass is 9.93. The standard InChI is InChI=1S/C16H16N6O2.H2O/c1-16(17)10-7-8(20-15(24)18-2)3-4-9(10)11-12(16)22-6-5-19-13(22)14(23)21-11;/h3-7H,17H2,1-2H3,(H,21,23)(H2,18,20,24);1H2. The quantitative estimate of drug-likeness (QED) is 0.498. The number of amides is 2. The molecule has 1 unspecified atom stereocenters. The first-order valence-electron chi connectivity index (χ1n) is 7.46. The lowest BCUT2D eigenvalue weighted by molar-refractivity contribution is 0.254. The Labute approximate surface area is 142 Å². The van der Waals surface area contributed by atoms with Gasteiger partial charge in [-0.05, 0) is 24.6 Å². The first kappa shape index (κ1) is 16.7. The van der Waals surface area contributed by atoms with Crippen LogP contribution in [0.25, 0.3) is 16.9 Å². The van der Waals surface area contributed by atoms with E-state index in [-0.39, 0.29) is 17.1 Å². The van der Waals surface area contributed by atoms with Crippen LogP contribution in [0.1, 0.15) is 18.2 Å². The molecule has 1 atom stereocenters. The third-order valence-electron chi connectivity index (χ3n) is 4.39. The molecule has 1 aliphatic carbocycles. The van der Waals surface area contributed by atoms with Gasteiger partial charge in [0.25, 0.3) is 5.56 Å². The van der Waals surface area contributed by atoms with Gasteiger partial charge in [0.1, 0.15) is 0 Å². The predicted molar refractivity (Wildman–Crippen MR) is 93.6 cm³/mol. The summed E-state index contributed by atoms with van der Waals surface area (Å²) < 4.78 is 1.72. The maximum atomic E-state index is 12.2. The molecule has 7 N–H and O–H groups in total. The Kier molecular flexibility index (Phi) is 3.62. The Morgan fingerprint density at radius 3 is 2.88 bits per heavy atom. The van der Waals surface area contributed by atoms with E-state index in [9.17, 15) is 9.59 Å². The maximum absolute atomic E-state index is 12.2. The molecule has 2 aromatic heterocycles. The molecule has 2 heterocycles. The largest absolute Gasteiger partial charge is 0.412 e. The minimum absolute atomic E-state index is 0. The van der Waals surface area contributed by atoms with Crippen LogP contribution >= 0.6 is 0 Å². The minimum atomic E-state index is -0.839. The Bertz CT molecular complexity index is 1050. The van der Waals surface area contributed by atoms with Crippen molar-refractivity contribution in [3.05, 3.63) is 52.2 Å². The number of carbonyl (C=O) groups excluding carboxylic acids is 1. The number of urea groups is 1. The number of nitrogens with two attached hydrogens (primary N) is 1. The van der Waals surface area contributed by atoms with Gasteiger partial charge in [-0.25, -0.2) is 9.78 Å². The first-order valence-corrected chi connectivity index (χ1v) is 7.46. The summed E-state index contributed by atoms with van der Waals surface area (Å²) in [5.41, 5.74) is 9.54. The van der Waals surface area contributed by atoms with E-state index in [1.54, 1.807) is 29.9 Å². The summed E-state index contributed by atoms with van der Waals surface area (Å²) >= 11 is 0. The van der Waals surface area contributed by atoms with Crippen molar-refractivity contribution in [3.63, 3.8) is 0 Å². The average molecular weight is 342 g/mol. The molecule has 4 rings (SSSR count).